The molecule has 9 atom stereocenters. The van der Waals surface area contributed by atoms with Crippen LogP contribution >= 0.6 is 0 Å². The van der Waals surface area contributed by atoms with Crippen LogP contribution in [0.1, 0.15) is 40.0 Å². The maximum Gasteiger partial charge on any atom is 0.334 e. The number of carbonyl (C=O) groups is 1. The van der Waals surface area contributed by atoms with E-state index in [1.165, 1.54) is 0 Å². The van der Waals surface area contributed by atoms with E-state index in [4.69, 9.17) is 18.9 Å². The van der Waals surface area contributed by atoms with Gasteiger partial charge in [-0.1, -0.05) is 20.8 Å². The van der Waals surface area contributed by atoms with Crippen molar-refractivity contribution in [1.82, 2.24) is 0 Å². The summed E-state index contributed by atoms with van der Waals surface area (Å²) in [6, 6.07) is 0. The van der Waals surface area contributed by atoms with Crippen LogP contribution in [0.25, 0.3) is 0 Å². The zero-order valence-corrected chi connectivity index (χ0v) is 15.3. The fraction of sp³-hybridized carbons (Fsp3) is 0.850. The second kappa shape index (κ2) is 3.79. The van der Waals surface area contributed by atoms with Gasteiger partial charge in [0.25, 0.3) is 0 Å². The van der Waals surface area contributed by atoms with Crippen molar-refractivity contribution in [2.75, 3.05) is 6.61 Å². The van der Waals surface area contributed by atoms with Crippen molar-refractivity contribution >= 4 is 5.97 Å². The molecule has 0 bridgehead atoms. The molecule has 6 nitrogen and oxygen atoms in total. The number of aliphatic hydroxyl groups excluding tert-OH is 1. The van der Waals surface area contributed by atoms with Crippen molar-refractivity contribution in [2.24, 2.45) is 17.3 Å². The topological polar surface area (TPSA) is 84.1 Å². The van der Waals surface area contributed by atoms with Gasteiger partial charge < -0.3 is 24.1 Å². The summed E-state index contributed by atoms with van der Waals surface area (Å²) < 4.78 is 24.3. The summed E-state index contributed by atoms with van der Waals surface area (Å²) in [5.41, 5.74) is 0.230. The summed E-state index contributed by atoms with van der Waals surface area (Å²) in [5, 5.41) is 11.4. The van der Waals surface area contributed by atoms with Gasteiger partial charge in [0.05, 0.1) is 6.10 Å². The lowest BCUT2D eigenvalue weighted by atomic mass is 9.46. The number of aliphatic hydroxyl groups is 1. The van der Waals surface area contributed by atoms with E-state index < -0.39 is 22.9 Å². The second-order valence-electron chi connectivity index (χ2n) is 9.91. The molecule has 26 heavy (non-hydrogen) atoms. The summed E-state index contributed by atoms with van der Waals surface area (Å²) in [7, 11) is 0. The first-order valence-corrected chi connectivity index (χ1v) is 9.95. The van der Waals surface area contributed by atoms with Crippen molar-refractivity contribution in [3.8, 4) is 0 Å². The Hall–Kier alpha value is -0.950. The fourth-order valence-corrected chi connectivity index (χ4v) is 7.70. The minimum Gasteiger partial charge on any atom is -0.458 e. The van der Waals surface area contributed by atoms with E-state index in [1.54, 1.807) is 0 Å². The van der Waals surface area contributed by atoms with Crippen molar-refractivity contribution < 1.29 is 28.8 Å². The minimum atomic E-state index is -0.654. The first-order valence-electron chi connectivity index (χ1n) is 9.95. The largest absolute Gasteiger partial charge is 0.458 e. The van der Waals surface area contributed by atoms with Crippen molar-refractivity contribution in [2.45, 2.75) is 81.3 Å². The van der Waals surface area contributed by atoms with Crippen LogP contribution in [0.5, 0.6) is 0 Å². The lowest BCUT2D eigenvalue weighted by Crippen LogP contribution is -2.69. The molecule has 3 saturated heterocycles. The molecule has 0 aromatic heterocycles. The molecule has 0 aromatic rings. The number of esters is 1. The highest BCUT2D eigenvalue weighted by molar-refractivity contribution is 5.92. The van der Waals surface area contributed by atoms with E-state index in [-0.39, 0.29) is 41.5 Å². The zero-order chi connectivity index (χ0) is 17.9. The summed E-state index contributed by atoms with van der Waals surface area (Å²) in [6.07, 6.45) is 1.71. The van der Waals surface area contributed by atoms with Crippen molar-refractivity contribution in [1.29, 1.82) is 0 Å². The molecule has 7 rings (SSSR count). The predicted octanol–water partition coefficient (Wildman–Crippen LogP) is 1.10. The first-order chi connectivity index (χ1) is 12.3. The third-order valence-corrected chi connectivity index (χ3v) is 9.10. The van der Waals surface area contributed by atoms with Gasteiger partial charge in [0.15, 0.2) is 5.60 Å². The number of hydrogen-bond acceptors (Lipinski definition) is 6. The predicted molar refractivity (Wildman–Crippen MR) is 87.1 cm³/mol. The van der Waals surface area contributed by atoms with Crippen LogP contribution in [-0.2, 0) is 23.7 Å². The molecular weight excluding hydrogens is 336 g/mol. The van der Waals surface area contributed by atoms with E-state index in [0.29, 0.717) is 6.61 Å². The molecular formula is C20H24O6. The average Bonchev–Trinajstić information content (AvgIpc) is 3.47. The van der Waals surface area contributed by atoms with Crippen LogP contribution in [0.2, 0.25) is 0 Å². The quantitative estimate of drug-likeness (QED) is 0.557. The van der Waals surface area contributed by atoms with Crippen LogP contribution < -0.4 is 0 Å². The van der Waals surface area contributed by atoms with E-state index in [9.17, 15) is 9.90 Å². The third kappa shape index (κ3) is 1.14. The summed E-state index contributed by atoms with van der Waals surface area (Å²) >= 11 is 0. The summed E-state index contributed by atoms with van der Waals surface area (Å²) in [6.45, 7) is 6.91. The molecule has 1 unspecified atom stereocenters. The number of epoxide rings is 3. The molecule has 0 aromatic carbocycles. The van der Waals surface area contributed by atoms with Gasteiger partial charge in [-0.25, -0.2) is 4.79 Å². The van der Waals surface area contributed by atoms with Crippen LogP contribution in [0.3, 0.4) is 0 Å². The Balaban J connectivity index is 1.39. The summed E-state index contributed by atoms with van der Waals surface area (Å²) in [5.74, 6) is 0.297. The molecule has 0 amide bonds. The Morgan fingerprint density at radius 2 is 2.00 bits per heavy atom. The van der Waals surface area contributed by atoms with Gasteiger partial charge in [-0.3, -0.25) is 0 Å². The maximum atomic E-state index is 12.1. The van der Waals surface area contributed by atoms with Gasteiger partial charge in [-0.05, 0) is 36.7 Å². The second-order valence-corrected chi connectivity index (χ2v) is 9.91. The molecule has 7 aliphatic rings. The minimum absolute atomic E-state index is 0.00808. The average molecular weight is 360 g/mol. The Bertz CT molecular complexity index is 819. The molecule has 0 radical (unpaired) electrons. The molecule has 5 fully saturated rings. The number of fused-ring (bicyclic) bond motifs is 4. The van der Waals surface area contributed by atoms with Crippen LogP contribution in [0.15, 0.2) is 11.1 Å². The van der Waals surface area contributed by atoms with E-state index in [1.807, 2.05) is 0 Å². The normalized spacial score (nSPS) is 63.1. The monoisotopic (exact) mass is 360 g/mol. The highest BCUT2D eigenvalue weighted by Crippen LogP contribution is 2.82. The highest BCUT2D eigenvalue weighted by Gasteiger charge is 3.00. The smallest absolute Gasteiger partial charge is 0.334 e. The first kappa shape index (κ1) is 15.0. The molecule has 6 heteroatoms. The maximum absolute atomic E-state index is 12.1. The number of hydrogen-bond donors (Lipinski definition) is 1. The van der Waals surface area contributed by atoms with Crippen LogP contribution in [0.4, 0.5) is 0 Å². The van der Waals surface area contributed by atoms with E-state index in [0.717, 1.165) is 30.4 Å². The lowest BCUT2D eigenvalue weighted by molar-refractivity contribution is -0.136. The standard InChI is InChI=1S/C20H24O6/c1-8(2)18-13(25-18)14-20(26-14)17(3)5-4-9-10(7-23-15(9)21)11(17)6-12-19(20,24-12)16(18)22/h8,11-14,16,22H,4-7H2,1-3H3/t11-,12-,13-,14-,16+,17-,18-,19?,20+/m0/s1. The van der Waals surface area contributed by atoms with Crippen LogP contribution in [0, 0.1) is 17.3 Å². The van der Waals surface area contributed by atoms with Crippen LogP contribution in [-0.4, -0.2) is 58.9 Å². The Labute approximate surface area is 151 Å². The van der Waals surface area contributed by atoms with Gasteiger partial charge in [0.2, 0.25) is 0 Å². The molecule has 1 N–H and O–H groups in total. The van der Waals surface area contributed by atoms with Crippen molar-refractivity contribution in [3.05, 3.63) is 11.1 Å². The van der Waals surface area contributed by atoms with Gasteiger partial charge in [0.1, 0.15) is 36.1 Å². The fourth-order valence-electron chi connectivity index (χ4n) is 7.70. The zero-order valence-electron chi connectivity index (χ0n) is 15.3. The Morgan fingerprint density at radius 1 is 1.19 bits per heavy atom. The molecule has 2 spiro atoms. The number of carbonyl (C=O) groups excluding carboxylic acids is 1. The molecule has 140 valence electrons. The number of cyclic esters (lactones) is 1. The molecule has 4 heterocycles. The SMILES string of the molecule is CC(C)[C@]12O[C@H]1[C@@H]1O[C@]13C1(O[C@H]1C[C@H]1C4=C(CC[C@@]13C)C(=O)OC4)[C@@H]2O. The van der Waals surface area contributed by atoms with E-state index in [2.05, 4.69) is 20.8 Å². The Kier molecular flexibility index (Phi) is 2.19. The Morgan fingerprint density at radius 3 is 2.77 bits per heavy atom. The van der Waals surface area contributed by atoms with Gasteiger partial charge >= 0.3 is 5.97 Å². The van der Waals surface area contributed by atoms with Gasteiger partial charge in [0, 0.05) is 11.0 Å². The third-order valence-electron chi connectivity index (χ3n) is 9.10. The highest BCUT2D eigenvalue weighted by atomic mass is 16.7. The molecule has 2 saturated carbocycles. The van der Waals surface area contributed by atoms with Gasteiger partial charge in [-0.15, -0.1) is 0 Å². The van der Waals surface area contributed by atoms with Crippen molar-refractivity contribution in [3.63, 3.8) is 0 Å². The van der Waals surface area contributed by atoms with Gasteiger partial charge in [-0.2, -0.15) is 0 Å². The number of ether oxygens (including phenoxy) is 4. The summed E-state index contributed by atoms with van der Waals surface area (Å²) in [4.78, 5) is 12.1. The lowest BCUT2D eigenvalue weighted by Gasteiger charge is -2.53. The molecule has 3 aliphatic carbocycles. The number of rotatable bonds is 1. The van der Waals surface area contributed by atoms with E-state index >= 15 is 0 Å². The molecule has 4 aliphatic heterocycles.